The lowest BCUT2D eigenvalue weighted by Crippen LogP contribution is -2.11. The third-order valence-electron chi connectivity index (χ3n) is 2.26. The molecule has 0 aromatic carbocycles. The first kappa shape index (κ1) is 12.3. The van der Waals surface area contributed by atoms with Crippen LogP contribution in [-0.2, 0) is 6.42 Å². The average Bonchev–Trinajstić information content (AvgIpc) is 2.84. The van der Waals surface area contributed by atoms with Crippen LogP contribution >= 0.6 is 11.3 Å². The summed E-state index contributed by atoms with van der Waals surface area (Å²) in [5.41, 5.74) is 6.12. The number of pyridine rings is 1. The molecule has 0 bridgehead atoms. The first-order valence-electron chi connectivity index (χ1n) is 5.29. The fraction of sp³-hybridized carbons (Fsp3) is 0.182. The standard InChI is InChI=1S/C11H12N4O2S/c12-7-1-2-8(11(16)17)15-10(7)14-4-3-9-13-5-6-18-9/h1-2,5-6H,3-4,12H2,(H,14,15)(H,16,17). The second kappa shape index (κ2) is 5.46. The summed E-state index contributed by atoms with van der Waals surface area (Å²) in [7, 11) is 0. The van der Waals surface area contributed by atoms with Crippen LogP contribution < -0.4 is 11.1 Å². The molecule has 2 heterocycles. The third kappa shape index (κ3) is 2.95. The third-order valence-corrected chi connectivity index (χ3v) is 3.10. The number of carboxylic acid groups (broad SMARTS) is 1. The van der Waals surface area contributed by atoms with Crippen molar-refractivity contribution in [2.45, 2.75) is 6.42 Å². The SMILES string of the molecule is Nc1ccc(C(=O)O)nc1NCCc1nccs1. The molecule has 18 heavy (non-hydrogen) atoms. The lowest BCUT2D eigenvalue weighted by Gasteiger charge is -2.08. The number of nitrogens with zero attached hydrogens (tertiary/aromatic N) is 2. The van der Waals surface area contributed by atoms with Crippen LogP contribution in [0.2, 0.25) is 0 Å². The van der Waals surface area contributed by atoms with Crippen molar-refractivity contribution in [2.24, 2.45) is 0 Å². The molecule has 4 N–H and O–H groups in total. The molecule has 0 aliphatic carbocycles. The maximum atomic E-state index is 10.8. The molecule has 0 radical (unpaired) electrons. The Balaban J connectivity index is 2.00. The number of carboxylic acids is 1. The molecule has 0 aliphatic rings. The molecule has 2 aromatic rings. The van der Waals surface area contributed by atoms with E-state index in [4.69, 9.17) is 10.8 Å². The number of nitrogens with two attached hydrogens (primary N) is 1. The van der Waals surface area contributed by atoms with E-state index in [1.165, 1.54) is 12.1 Å². The molecule has 7 heteroatoms. The molecular weight excluding hydrogens is 252 g/mol. The first-order chi connectivity index (χ1) is 8.66. The largest absolute Gasteiger partial charge is 0.477 e. The van der Waals surface area contributed by atoms with E-state index in [0.29, 0.717) is 18.1 Å². The molecule has 0 unspecified atom stereocenters. The zero-order valence-corrected chi connectivity index (χ0v) is 10.3. The summed E-state index contributed by atoms with van der Waals surface area (Å²) in [6.07, 6.45) is 2.49. The van der Waals surface area contributed by atoms with E-state index in [9.17, 15) is 4.79 Å². The highest BCUT2D eigenvalue weighted by Crippen LogP contribution is 2.16. The fourth-order valence-corrected chi connectivity index (χ4v) is 2.02. The molecule has 0 aliphatic heterocycles. The Hall–Kier alpha value is -2.15. The highest BCUT2D eigenvalue weighted by atomic mass is 32.1. The van der Waals surface area contributed by atoms with Gasteiger partial charge >= 0.3 is 5.97 Å². The van der Waals surface area contributed by atoms with Gasteiger partial charge in [0.05, 0.1) is 10.7 Å². The van der Waals surface area contributed by atoms with Crippen LogP contribution in [0, 0.1) is 0 Å². The van der Waals surface area contributed by atoms with Crippen LogP contribution in [0.4, 0.5) is 11.5 Å². The molecule has 0 saturated heterocycles. The minimum atomic E-state index is -1.07. The number of aromatic carboxylic acids is 1. The minimum Gasteiger partial charge on any atom is -0.477 e. The molecule has 6 nitrogen and oxygen atoms in total. The summed E-state index contributed by atoms with van der Waals surface area (Å²) < 4.78 is 0. The number of aromatic nitrogens is 2. The van der Waals surface area contributed by atoms with Crippen LogP contribution in [0.25, 0.3) is 0 Å². The highest BCUT2D eigenvalue weighted by molar-refractivity contribution is 7.09. The van der Waals surface area contributed by atoms with Gasteiger partial charge in [0.1, 0.15) is 5.82 Å². The molecule has 2 aromatic heterocycles. The van der Waals surface area contributed by atoms with E-state index in [2.05, 4.69) is 15.3 Å². The Labute approximate surface area is 108 Å². The molecule has 94 valence electrons. The molecular formula is C11H12N4O2S. The van der Waals surface area contributed by atoms with Gasteiger partial charge in [0.25, 0.3) is 0 Å². The molecule has 0 spiro atoms. The van der Waals surface area contributed by atoms with Crippen LogP contribution in [-0.4, -0.2) is 27.6 Å². The normalized spacial score (nSPS) is 10.2. The number of hydrogen-bond donors (Lipinski definition) is 3. The Morgan fingerprint density at radius 3 is 3.00 bits per heavy atom. The van der Waals surface area contributed by atoms with Gasteiger partial charge in [0, 0.05) is 24.5 Å². The predicted molar refractivity (Wildman–Crippen MR) is 69.9 cm³/mol. The van der Waals surface area contributed by atoms with Crippen molar-refractivity contribution in [1.29, 1.82) is 0 Å². The van der Waals surface area contributed by atoms with E-state index in [0.717, 1.165) is 11.4 Å². The molecule has 0 amide bonds. The van der Waals surface area contributed by atoms with Gasteiger partial charge in [-0.1, -0.05) is 0 Å². The topological polar surface area (TPSA) is 101 Å². The van der Waals surface area contributed by atoms with Gasteiger partial charge in [0.15, 0.2) is 5.69 Å². The highest BCUT2D eigenvalue weighted by Gasteiger charge is 2.08. The van der Waals surface area contributed by atoms with Crippen molar-refractivity contribution in [2.75, 3.05) is 17.6 Å². The van der Waals surface area contributed by atoms with Crippen molar-refractivity contribution in [1.82, 2.24) is 9.97 Å². The maximum absolute atomic E-state index is 10.8. The van der Waals surface area contributed by atoms with E-state index in [1.54, 1.807) is 17.5 Å². The van der Waals surface area contributed by atoms with Crippen LogP contribution in [0.5, 0.6) is 0 Å². The molecule has 0 atom stereocenters. The second-order valence-corrected chi connectivity index (χ2v) is 4.52. The van der Waals surface area contributed by atoms with Crippen molar-refractivity contribution < 1.29 is 9.90 Å². The van der Waals surface area contributed by atoms with Crippen molar-refractivity contribution in [3.63, 3.8) is 0 Å². The number of nitrogen functional groups attached to an aromatic ring is 1. The minimum absolute atomic E-state index is 0.0269. The molecule has 0 fully saturated rings. The number of anilines is 2. The van der Waals surface area contributed by atoms with Crippen molar-refractivity contribution in [3.8, 4) is 0 Å². The Morgan fingerprint density at radius 1 is 1.50 bits per heavy atom. The van der Waals surface area contributed by atoms with E-state index >= 15 is 0 Å². The number of nitrogens with one attached hydrogen (secondary N) is 1. The zero-order chi connectivity index (χ0) is 13.0. The number of hydrogen-bond acceptors (Lipinski definition) is 6. The van der Waals surface area contributed by atoms with Crippen molar-refractivity contribution >= 4 is 28.8 Å². The quantitative estimate of drug-likeness (QED) is 0.756. The summed E-state index contributed by atoms with van der Waals surface area (Å²) in [4.78, 5) is 18.9. The predicted octanol–water partition coefficient (Wildman–Crippen LogP) is 1.47. The molecule has 2 rings (SSSR count). The van der Waals surface area contributed by atoms with Gasteiger partial charge in [-0.2, -0.15) is 0 Å². The zero-order valence-electron chi connectivity index (χ0n) is 9.46. The maximum Gasteiger partial charge on any atom is 0.354 e. The monoisotopic (exact) mass is 264 g/mol. The van der Waals surface area contributed by atoms with E-state index in [1.807, 2.05) is 5.38 Å². The summed E-state index contributed by atoms with van der Waals surface area (Å²) in [6.45, 7) is 0.605. The summed E-state index contributed by atoms with van der Waals surface area (Å²) in [6, 6.07) is 2.91. The van der Waals surface area contributed by atoms with Crippen LogP contribution in [0.1, 0.15) is 15.5 Å². The Kier molecular flexibility index (Phi) is 3.73. The number of thiazole rings is 1. The second-order valence-electron chi connectivity index (χ2n) is 3.54. The average molecular weight is 264 g/mol. The van der Waals surface area contributed by atoms with Crippen LogP contribution in [0.15, 0.2) is 23.7 Å². The smallest absolute Gasteiger partial charge is 0.354 e. The summed E-state index contributed by atoms with van der Waals surface area (Å²) >= 11 is 1.57. The van der Waals surface area contributed by atoms with Crippen LogP contribution in [0.3, 0.4) is 0 Å². The van der Waals surface area contributed by atoms with Gasteiger partial charge in [-0.05, 0) is 12.1 Å². The lowest BCUT2D eigenvalue weighted by atomic mass is 10.3. The van der Waals surface area contributed by atoms with Gasteiger partial charge in [0.2, 0.25) is 0 Å². The summed E-state index contributed by atoms with van der Waals surface area (Å²) in [5.74, 6) is -0.676. The van der Waals surface area contributed by atoms with Gasteiger partial charge in [-0.15, -0.1) is 11.3 Å². The Bertz CT molecular complexity index is 542. The lowest BCUT2D eigenvalue weighted by molar-refractivity contribution is 0.0690. The Morgan fingerprint density at radius 2 is 2.33 bits per heavy atom. The number of carbonyl (C=O) groups is 1. The number of rotatable bonds is 5. The van der Waals surface area contributed by atoms with E-state index < -0.39 is 5.97 Å². The van der Waals surface area contributed by atoms with Gasteiger partial charge in [-0.3, -0.25) is 0 Å². The van der Waals surface area contributed by atoms with Gasteiger partial charge in [-0.25, -0.2) is 14.8 Å². The molecule has 0 saturated carbocycles. The van der Waals surface area contributed by atoms with Gasteiger partial charge < -0.3 is 16.2 Å². The van der Waals surface area contributed by atoms with E-state index in [-0.39, 0.29) is 5.69 Å². The first-order valence-corrected chi connectivity index (χ1v) is 6.17. The van der Waals surface area contributed by atoms with Crippen molar-refractivity contribution in [3.05, 3.63) is 34.4 Å². The summed E-state index contributed by atoms with van der Waals surface area (Å²) in [5, 5.41) is 14.8. The fourth-order valence-electron chi connectivity index (χ4n) is 1.39.